The highest BCUT2D eigenvalue weighted by molar-refractivity contribution is 9.10. The van der Waals surface area contributed by atoms with E-state index in [-0.39, 0.29) is 0 Å². The number of furan rings is 1. The molecule has 0 radical (unpaired) electrons. The van der Waals surface area contributed by atoms with Gasteiger partial charge in [0.2, 0.25) is 0 Å². The van der Waals surface area contributed by atoms with Gasteiger partial charge in [0.1, 0.15) is 17.9 Å². The molecular weight excluding hydrogens is 258 g/mol. The van der Waals surface area contributed by atoms with E-state index >= 15 is 0 Å². The molecule has 0 aliphatic rings. The minimum absolute atomic E-state index is 0.613. The van der Waals surface area contributed by atoms with Crippen LogP contribution in [0.25, 0.3) is 0 Å². The Morgan fingerprint density at radius 2 is 2.33 bits per heavy atom. The number of aryl methyl sites for hydroxylation is 1. The smallest absolute Gasteiger partial charge is 0.144 e. The number of hydrogen-bond acceptors (Lipinski definition) is 4. The van der Waals surface area contributed by atoms with Gasteiger partial charge in [0.15, 0.2) is 0 Å². The van der Waals surface area contributed by atoms with Crippen molar-refractivity contribution >= 4 is 21.7 Å². The molecule has 0 aromatic carbocycles. The zero-order valence-electron chi connectivity index (χ0n) is 8.20. The molecule has 1 N–H and O–H groups in total. The van der Waals surface area contributed by atoms with E-state index in [1.54, 1.807) is 6.26 Å². The van der Waals surface area contributed by atoms with Crippen molar-refractivity contribution in [3.8, 4) is 0 Å². The van der Waals surface area contributed by atoms with Gasteiger partial charge in [-0.15, -0.1) is 0 Å². The molecule has 0 aliphatic carbocycles. The summed E-state index contributed by atoms with van der Waals surface area (Å²) in [6.45, 7) is 2.53. The largest absolute Gasteiger partial charge is 0.467 e. The van der Waals surface area contributed by atoms with E-state index in [2.05, 4.69) is 31.2 Å². The Morgan fingerprint density at radius 1 is 1.47 bits per heavy atom. The van der Waals surface area contributed by atoms with Crippen molar-refractivity contribution in [2.24, 2.45) is 0 Å². The molecule has 0 fully saturated rings. The molecule has 0 bridgehead atoms. The van der Waals surface area contributed by atoms with Gasteiger partial charge in [0.25, 0.3) is 0 Å². The Hall–Kier alpha value is -1.36. The van der Waals surface area contributed by atoms with Crippen LogP contribution in [-0.4, -0.2) is 9.97 Å². The molecule has 0 atom stereocenters. The molecule has 2 aromatic rings. The highest BCUT2D eigenvalue weighted by Gasteiger charge is 2.04. The summed E-state index contributed by atoms with van der Waals surface area (Å²) in [6, 6.07) is 3.77. The Labute approximate surface area is 95.9 Å². The summed E-state index contributed by atoms with van der Waals surface area (Å²) in [4.78, 5) is 8.19. The third-order valence-electron chi connectivity index (χ3n) is 1.97. The second-order valence-electron chi connectivity index (χ2n) is 3.05. The third-order valence-corrected chi connectivity index (χ3v) is 2.92. The van der Waals surface area contributed by atoms with Crippen molar-refractivity contribution < 1.29 is 4.42 Å². The van der Waals surface area contributed by atoms with Gasteiger partial charge in [-0.2, -0.15) is 0 Å². The van der Waals surface area contributed by atoms with Crippen LogP contribution in [0.3, 0.4) is 0 Å². The molecule has 0 unspecified atom stereocenters. The Bertz CT molecular complexity index is 442. The molecule has 15 heavy (non-hydrogen) atoms. The molecule has 4 nitrogen and oxygen atoms in total. The molecule has 0 amide bonds. The standard InChI is InChI=1S/C10H10BrN3O/c1-7-9(11)10(14-6-13-7)12-5-8-3-2-4-15-8/h2-4,6H,5H2,1H3,(H,12,13,14). The van der Waals surface area contributed by atoms with Crippen molar-refractivity contribution in [1.82, 2.24) is 9.97 Å². The highest BCUT2D eigenvalue weighted by atomic mass is 79.9. The van der Waals surface area contributed by atoms with Crippen LogP contribution in [0.4, 0.5) is 5.82 Å². The quantitative estimate of drug-likeness (QED) is 0.929. The van der Waals surface area contributed by atoms with Crippen molar-refractivity contribution in [3.05, 3.63) is 40.7 Å². The predicted octanol–water partition coefficient (Wildman–Crippen LogP) is 2.75. The molecule has 2 rings (SSSR count). The maximum atomic E-state index is 5.20. The highest BCUT2D eigenvalue weighted by Crippen LogP contribution is 2.21. The molecule has 0 saturated carbocycles. The summed E-state index contributed by atoms with van der Waals surface area (Å²) in [5.74, 6) is 1.65. The fourth-order valence-electron chi connectivity index (χ4n) is 1.17. The minimum atomic E-state index is 0.613. The number of anilines is 1. The van der Waals surface area contributed by atoms with Crippen molar-refractivity contribution in [1.29, 1.82) is 0 Å². The van der Waals surface area contributed by atoms with Crippen LogP contribution in [0, 0.1) is 6.92 Å². The summed E-state index contributed by atoms with van der Waals surface area (Å²) in [7, 11) is 0. The van der Waals surface area contributed by atoms with Gasteiger partial charge in [-0.05, 0) is 35.0 Å². The van der Waals surface area contributed by atoms with E-state index in [1.165, 1.54) is 6.33 Å². The topological polar surface area (TPSA) is 51.0 Å². The average Bonchev–Trinajstić information content (AvgIpc) is 2.73. The van der Waals surface area contributed by atoms with Crippen LogP contribution in [0.15, 0.2) is 33.6 Å². The summed E-state index contributed by atoms with van der Waals surface area (Å²) >= 11 is 3.43. The monoisotopic (exact) mass is 267 g/mol. The van der Waals surface area contributed by atoms with Crippen molar-refractivity contribution in [2.75, 3.05) is 5.32 Å². The zero-order valence-corrected chi connectivity index (χ0v) is 9.78. The van der Waals surface area contributed by atoms with Crippen LogP contribution < -0.4 is 5.32 Å². The van der Waals surface area contributed by atoms with E-state index in [0.29, 0.717) is 6.54 Å². The number of halogens is 1. The first-order chi connectivity index (χ1) is 7.27. The first-order valence-electron chi connectivity index (χ1n) is 4.50. The fourth-order valence-corrected chi connectivity index (χ4v) is 1.51. The molecule has 78 valence electrons. The number of nitrogens with zero attached hydrogens (tertiary/aromatic N) is 2. The van der Waals surface area contributed by atoms with E-state index in [1.807, 2.05) is 19.1 Å². The minimum Gasteiger partial charge on any atom is -0.467 e. The predicted molar refractivity (Wildman–Crippen MR) is 60.5 cm³/mol. The van der Waals surface area contributed by atoms with Gasteiger partial charge in [-0.25, -0.2) is 9.97 Å². The van der Waals surface area contributed by atoms with Gasteiger partial charge in [0, 0.05) is 0 Å². The molecule has 0 saturated heterocycles. The number of rotatable bonds is 3. The summed E-state index contributed by atoms with van der Waals surface area (Å²) in [5.41, 5.74) is 0.909. The summed E-state index contributed by atoms with van der Waals surface area (Å²) < 4.78 is 6.09. The molecule has 2 aromatic heterocycles. The van der Waals surface area contributed by atoms with Gasteiger partial charge in [0.05, 0.1) is 23.0 Å². The van der Waals surface area contributed by atoms with E-state index in [4.69, 9.17) is 4.42 Å². The first kappa shape index (κ1) is 10.2. The van der Waals surface area contributed by atoms with Gasteiger partial charge in [-0.1, -0.05) is 0 Å². The van der Waals surface area contributed by atoms with Gasteiger partial charge < -0.3 is 9.73 Å². The third kappa shape index (κ3) is 2.36. The lowest BCUT2D eigenvalue weighted by molar-refractivity contribution is 0.517. The lowest BCUT2D eigenvalue weighted by atomic mass is 10.4. The molecular formula is C10H10BrN3O. The number of aromatic nitrogens is 2. The SMILES string of the molecule is Cc1ncnc(NCc2ccco2)c1Br. The molecule has 2 heterocycles. The molecule has 0 spiro atoms. The first-order valence-corrected chi connectivity index (χ1v) is 5.30. The second kappa shape index (κ2) is 4.44. The van der Waals surface area contributed by atoms with Crippen LogP contribution in [0.5, 0.6) is 0 Å². The lowest BCUT2D eigenvalue weighted by Gasteiger charge is -2.06. The van der Waals surface area contributed by atoms with Crippen LogP contribution in [0.2, 0.25) is 0 Å². The van der Waals surface area contributed by atoms with E-state index < -0.39 is 0 Å². The van der Waals surface area contributed by atoms with Crippen molar-refractivity contribution in [3.63, 3.8) is 0 Å². The molecule has 0 aliphatic heterocycles. The number of nitrogens with one attached hydrogen (secondary N) is 1. The average molecular weight is 268 g/mol. The maximum Gasteiger partial charge on any atom is 0.144 e. The summed E-state index contributed by atoms with van der Waals surface area (Å²) in [6.07, 6.45) is 3.18. The van der Waals surface area contributed by atoms with Crippen LogP contribution in [0.1, 0.15) is 11.5 Å². The molecule has 5 heteroatoms. The van der Waals surface area contributed by atoms with Crippen molar-refractivity contribution in [2.45, 2.75) is 13.5 Å². The van der Waals surface area contributed by atoms with E-state index in [9.17, 15) is 0 Å². The van der Waals surface area contributed by atoms with Crippen LogP contribution >= 0.6 is 15.9 Å². The van der Waals surface area contributed by atoms with Crippen LogP contribution in [-0.2, 0) is 6.54 Å². The number of hydrogen-bond donors (Lipinski definition) is 1. The second-order valence-corrected chi connectivity index (χ2v) is 3.85. The van der Waals surface area contributed by atoms with Gasteiger partial charge >= 0.3 is 0 Å². The Balaban J connectivity index is 2.08. The fraction of sp³-hybridized carbons (Fsp3) is 0.200. The Kier molecular flexibility index (Phi) is 3.01. The Morgan fingerprint density at radius 3 is 3.07 bits per heavy atom. The normalized spacial score (nSPS) is 10.3. The van der Waals surface area contributed by atoms with Gasteiger partial charge in [-0.3, -0.25) is 0 Å². The summed E-state index contributed by atoms with van der Waals surface area (Å²) in [5, 5.41) is 3.16. The lowest BCUT2D eigenvalue weighted by Crippen LogP contribution is -2.02. The zero-order chi connectivity index (χ0) is 10.7. The van der Waals surface area contributed by atoms with E-state index in [0.717, 1.165) is 21.7 Å². The maximum absolute atomic E-state index is 5.20.